The number of aromatic amines is 1. The molecule has 0 atom stereocenters. The standard InChI is InChI=1S/C16H10N2O5/c19-15-9-13(12-3-1-2-4-14(12)17-15)16(20)23-11-7-5-10(6-8-11)18(21)22/h1-9H,(H,17,19). The predicted octanol–water partition coefficient (Wildman–Crippen LogP) is 2.66. The van der Waals surface area contributed by atoms with Crippen molar-refractivity contribution in [3.8, 4) is 5.75 Å². The van der Waals surface area contributed by atoms with Crippen LogP contribution in [-0.2, 0) is 0 Å². The molecule has 2 aromatic carbocycles. The second kappa shape index (κ2) is 5.72. The highest BCUT2D eigenvalue weighted by molar-refractivity contribution is 6.03. The third kappa shape index (κ3) is 2.93. The minimum atomic E-state index is -0.707. The minimum absolute atomic E-state index is 0.105. The molecule has 3 aromatic rings. The van der Waals surface area contributed by atoms with Crippen molar-refractivity contribution in [2.75, 3.05) is 0 Å². The molecule has 23 heavy (non-hydrogen) atoms. The summed E-state index contributed by atoms with van der Waals surface area (Å²) in [5, 5.41) is 11.2. The Morgan fingerprint density at radius 1 is 1.09 bits per heavy atom. The SMILES string of the molecule is O=C(Oc1ccc([N+](=O)[O-])cc1)c1cc(=O)[nH]c2ccccc12. The molecule has 0 aliphatic heterocycles. The van der Waals surface area contributed by atoms with Gasteiger partial charge in [0.25, 0.3) is 5.69 Å². The van der Waals surface area contributed by atoms with Crippen LogP contribution in [0.5, 0.6) is 5.75 Å². The van der Waals surface area contributed by atoms with E-state index < -0.39 is 16.5 Å². The molecule has 1 N–H and O–H groups in total. The van der Waals surface area contributed by atoms with Crippen molar-refractivity contribution < 1.29 is 14.5 Å². The fraction of sp³-hybridized carbons (Fsp3) is 0. The molecule has 0 amide bonds. The van der Waals surface area contributed by atoms with Gasteiger partial charge < -0.3 is 9.72 Å². The Balaban J connectivity index is 1.94. The zero-order chi connectivity index (χ0) is 16.4. The molecule has 1 aromatic heterocycles. The van der Waals surface area contributed by atoms with E-state index in [-0.39, 0.29) is 17.0 Å². The van der Waals surface area contributed by atoms with Gasteiger partial charge in [0, 0.05) is 29.1 Å². The predicted molar refractivity (Wildman–Crippen MR) is 82.6 cm³/mol. The Bertz CT molecular complexity index is 960. The van der Waals surface area contributed by atoms with Crippen LogP contribution < -0.4 is 10.3 Å². The lowest BCUT2D eigenvalue weighted by Gasteiger charge is -2.06. The van der Waals surface area contributed by atoms with E-state index in [0.29, 0.717) is 10.9 Å². The molecule has 0 spiro atoms. The van der Waals surface area contributed by atoms with Crippen LogP contribution in [0.3, 0.4) is 0 Å². The van der Waals surface area contributed by atoms with Crippen LogP contribution >= 0.6 is 0 Å². The number of nitro benzene ring substituents is 1. The Labute approximate surface area is 129 Å². The molecule has 0 aliphatic rings. The number of H-pyrrole nitrogens is 1. The molecule has 0 fully saturated rings. The van der Waals surface area contributed by atoms with Crippen molar-refractivity contribution in [1.82, 2.24) is 4.98 Å². The first-order valence-corrected chi connectivity index (χ1v) is 6.63. The topological polar surface area (TPSA) is 102 Å². The molecule has 0 aliphatic carbocycles. The van der Waals surface area contributed by atoms with Crippen LogP contribution in [0.25, 0.3) is 10.9 Å². The molecule has 0 radical (unpaired) electrons. The summed E-state index contributed by atoms with van der Waals surface area (Å²) in [6, 6.07) is 13.1. The van der Waals surface area contributed by atoms with Crippen molar-refractivity contribution >= 4 is 22.6 Å². The monoisotopic (exact) mass is 310 g/mol. The number of non-ortho nitro benzene ring substituents is 1. The third-order valence-electron chi connectivity index (χ3n) is 3.23. The summed E-state index contributed by atoms with van der Waals surface area (Å²) >= 11 is 0. The van der Waals surface area contributed by atoms with Crippen LogP contribution in [0.15, 0.2) is 59.4 Å². The van der Waals surface area contributed by atoms with Gasteiger partial charge in [0.05, 0.1) is 10.5 Å². The smallest absolute Gasteiger partial charge is 0.344 e. The van der Waals surface area contributed by atoms with Gasteiger partial charge in [0.1, 0.15) is 5.75 Å². The number of hydrogen-bond acceptors (Lipinski definition) is 5. The lowest BCUT2D eigenvalue weighted by Crippen LogP contribution is -2.14. The first-order chi connectivity index (χ1) is 11.0. The molecule has 0 unspecified atom stereocenters. The number of fused-ring (bicyclic) bond motifs is 1. The molecule has 7 heteroatoms. The second-order valence-corrected chi connectivity index (χ2v) is 4.73. The quantitative estimate of drug-likeness (QED) is 0.347. The lowest BCUT2D eigenvalue weighted by atomic mass is 10.1. The van der Waals surface area contributed by atoms with Gasteiger partial charge in [0.15, 0.2) is 0 Å². The van der Waals surface area contributed by atoms with E-state index in [0.717, 1.165) is 6.07 Å². The van der Waals surface area contributed by atoms with Crippen LogP contribution in [0.4, 0.5) is 5.69 Å². The summed E-state index contributed by atoms with van der Waals surface area (Å²) in [5.74, 6) is -0.550. The maximum absolute atomic E-state index is 12.3. The normalized spacial score (nSPS) is 10.4. The molecule has 0 saturated carbocycles. The largest absolute Gasteiger partial charge is 0.423 e. The molecule has 7 nitrogen and oxygen atoms in total. The number of ether oxygens (including phenoxy) is 1. The molecular weight excluding hydrogens is 300 g/mol. The summed E-state index contributed by atoms with van der Waals surface area (Å²) in [7, 11) is 0. The zero-order valence-corrected chi connectivity index (χ0v) is 11.7. The molecule has 3 rings (SSSR count). The number of nitro groups is 1. The summed E-state index contributed by atoms with van der Waals surface area (Å²) in [6.45, 7) is 0. The highest BCUT2D eigenvalue weighted by Gasteiger charge is 2.14. The number of para-hydroxylation sites is 1. The van der Waals surface area contributed by atoms with Gasteiger partial charge in [-0.15, -0.1) is 0 Å². The first-order valence-electron chi connectivity index (χ1n) is 6.63. The van der Waals surface area contributed by atoms with Gasteiger partial charge in [-0.2, -0.15) is 0 Å². The maximum atomic E-state index is 12.3. The van der Waals surface area contributed by atoms with Crippen LogP contribution in [0.2, 0.25) is 0 Å². The number of carbonyl (C=O) groups excluding carboxylic acids is 1. The average Bonchev–Trinajstić information content (AvgIpc) is 2.54. The fourth-order valence-corrected chi connectivity index (χ4v) is 2.17. The summed E-state index contributed by atoms with van der Waals surface area (Å²) in [4.78, 5) is 36.6. The van der Waals surface area contributed by atoms with Crippen molar-refractivity contribution in [3.05, 3.63) is 80.6 Å². The van der Waals surface area contributed by atoms with E-state index in [1.165, 1.54) is 24.3 Å². The van der Waals surface area contributed by atoms with E-state index in [2.05, 4.69) is 4.98 Å². The van der Waals surface area contributed by atoms with E-state index in [9.17, 15) is 19.7 Å². The van der Waals surface area contributed by atoms with E-state index >= 15 is 0 Å². The first kappa shape index (κ1) is 14.5. The Morgan fingerprint density at radius 3 is 2.48 bits per heavy atom. The highest BCUT2D eigenvalue weighted by atomic mass is 16.6. The van der Waals surface area contributed by atoms with Gasteiger partial charge in [-0.3, -0.25) is 14.9 Å². The van der Waals surface area contributed by atoms with Gasteiger partial charge >= 0.3 is 5.97 Å². The van der Waals surface area contributed by atoms with Crippen LogP contribution in [-0.4, -0.2) is 15.9 Å². The zero-order valence-electron chi connectivity index (χ0n) is 11.7. The van der Waals surface area contributed by atoms with Gasteiger partial charge in [0.2, 0.25) is 5.56 Å². The third-order valence-corrected chi connectivity index (χ3v) is 3.23. The van der Waals surface area contributed by atoms with Gasteiger partial charge in [-0.1, -0.05) is 18.2 Å². The van der Waals surface area contributed by atoms with Gasteiger partial charge in [-0.05, 0) is 18.2 Å². The maximum Gasteiger partial charge on any atom is 0.344 e. The number of rotatable bonds is 3. The number of nitrogens with one attached hydrogen (secondary N) is 1. The minimum Gasteiger partial charge on any atom is -0.423 e. The fourth-order valence-electron chi connectivity index (χ4n) is 2.17. The second-order valence-electron chi connectivity index (χ2n) is 4.73. The number of carbonyl (C=O) groups is 1. The summed E-state index contributed by atoms with van der Waals surface area (Å²) in [6.07, 6.45) is 0. The van der Waals surface area contributed by atoms with E-state index in [4.69, 9.17) is 4.74 Å². The number of esters is 1. The van der Waals surface area contributed by atoms with Crippen molar-refractivity contribution in [3.63, 3.8) is 0 Å². The van der Waals surface area contributed by atoms with Crippen LogP contribution in [0.1, 0.15) is 10.4 Å². The number of hydrogen-bond donors (Lipinski definition) is 1. The molecular formula is C16H10N2O5. The Hall–Kier alpha value is -3.48. The van der Waals surface area contributed by atoms with Crippen molar-refractivity contribution in [1.29, 1.82) is 0 Å². The van der Waals surface area contributed by atoms with Crippen molar-refractivity contribution in [2.45, 2.75) is 0 Å². The summed E-state index contributed by atoms with van der Waals surface area (Å²) < 4.78 is 5.18. The molecule has 1 heterocycles. The van der Waals surface area contributed by atoms with E-state index in [1.807, 2.05) is 0 Å². The number of nitrogens with zero attached hydrogens (tertiary/aromatic N) is 1. The molecule has 0 saturated heterocycles. The summed E-state index contributed by atoms with van der Waals surface area (Å²) in [5.41, 5.74) is 0.129. The number of benzene rings is 2. The molecule has 0 bridgehead atoms. The van der Waals surface area contributed by atoms with Crippen LogP contribution in [0, 0.1) is 10.1 Å². The lowest BCUT2D eigenvalue weighted by molar-refractivity contribution is -0.384. The Kier molecular flexibility index (Phi) is 3.60. The number of aromatic nitrogens is 1. The van der Waals surface area contributed by atoms with Gasteiger partial charge in [-0.25, -0.2) is 4.79 Å². The Morgan fingerprint density at radius 2 is 1.78 bits per heavy atom. The average molecular weight is 310 g/mol. The number of pyridine rings is 1. The van der Waals surface area contributed by atoms with Crippen molar-refractivity contribution in [2.24, 2.45) is 0 Å². The highest BCUT2D eigenvalue weighted by Crippen LogP contribution is 2.20. The van der Waals surface area contributed by atoms with E-state index in [1.54, 1.807) is 24.3 Å². The molecule has 114 valence electrons.